The van der Waals surface area contributed by atoms with E-state index in [2.05, 4.69) is 11.0 Å². The summed E-state index contributed by atoms with van der Waals surface area (Å²) in [6.45, 7) is 8.57. The molecular formula is C10H16N2O4S. The van der Waals surface area contributed by atoms with Crippen molar-refractivity contribution in [2.45, 2.75) is 31.6 Å². The molecule has 1 aliphatic rings. The van der Waals surface area contributed by atoms with Gasteiger partial charge in [-0.25, -0.2) is 13.2 Å². The summed E-state index contributed by atoms with van der Waals surface area (Å²) in [5.74, 6) is 1.99. The van der Waals surface area contributed by atoms with Gasteiger partial charge in [-0.3, -0.25) is 0 Å². The lowest BCUT2D eigenvalue weighted by atomic mass is 10.2. The maximum Gasteiger partial charge on any atom is 0.410 e. The van der Waals surface area contributed by atoms with Crippen LogP contribution in [0.5, 0.6) is 0 Å². The van der Waals surface area contributed by atoms with E-state index < -0.39 is 27.0 Å². The van der Waals surface area contributed by atoms with Gasteiger partial charge < -0.3 is 9.64 Å². The van der Waals surface area contributed by atoms with Gasteiger partial charge in [0.05, 0.1) is 0 Å². The number of likely N-dealkylation sites (tertiary alicyclic amines) is 1. The molecule has 1 heterocycles. The van der Waals surface area contributed by atoms with Gasteiger partial charge in [0.2, 0.25) is 0 Å². The normalized spacial score (nSPS) is 17.0. The number of carbonyl (C=O) groups excluding carboxylic acids is 1. The second-order valence-corrected chi connectivity index (χ2v) is 6.65. The molecule has 7 heteroatoms. The van der Waals surface area contributed by atoms with E-state index in [0.29, 0.717) is 0 Å². The highest BCUT2D eigenvalue weighted by atomic mass is 32.2. The summed E-state index contributed by atoms with van der Waals surface area (Å²) >= 11 is 0. The minimum atomic E-state index is -3.58. The van der Waals surface area contributed by atoms with Crippen LogP contribution in [0, 0.1) is 0 Å². The number of hydrogen-bond acceptors (Lipinski definition) is 4. The fourth-order valence-electron chi connectivity index (χ4n) is 1.27. The van der Waals surface area contributed by atoms with Crippen molar-refractivity contribution in [2.75, 3.05) is 13.1 Å². The third-order valence-corrected chi connectivity index (χ3v) is 3.64. The van der Waals surface area contributed by atoms with Gasteiger partial charge in [0.15, 0.2) is 0 Å². The molecule has 0 saturated carbocycles. The van der Waals surface area contributed by atoms with Crippen LogP contribution in [0.15, 0.2) is 11.0 Å². The number of hydrogen-bond donors (Lipinski definition) is 0. The molecule has 1 aliphatic heterocycles. The van der Waals surface area contributed by atoms with E-state index in [9.17, 15) is 13.2 Å². The van der Waals surface area contributed by atoms with Crippen LogP contribution in [0.25, 0.3) is 0 Å². The molecule has 0 aromatic heterocycles. The van der Waals surface area contributed by atoms with Crippen LogP contribution >= 0.6 is 0 Å². The molecule has 1 saturated heterocycles. The molecule has 1 fully saturated rings. The molecule has 0 unspecified atom stereocenters. The van der Waals surface area contributed by atoms with Gasteiger partial charge in [0, 0.05) is 13.1 Å². The predicted molar refractivity (Wildman–Crippen MR) is 63.6 cm³/mol. The smallest absolute Gasteiger partial charge is 0.410 e. The second-order valence-electron chi connectivity index (χ2n) is 4.77. The molecule has 0 bridgehead atoms. The van der Waals surface area contributed by atoms with E-state index >= 15 is 0 Å². The lowest BCUT2D eigenvalue weighted by Crippen LogP contribution is -2.57. The van der Waals surface area contributed by atoms with E-state index in [0.717, 1.165) is 0 Å². The minimum absolute atomic E-state index is 0.0996. The van der Waals surface area contributed by atoms with Crippen LogP contribution in [0.3, 0.4) is 0 Å². The van der Waals surface area contributed by atoms with E-state index in [1.54, 1.807) is 20.8 Å². The Morgan fingerprint density at radius 3 is 2.41 bits per heavy atom. The molecule has 6 nitrogen and oxygen atoms in total. The van der Waals surface area contributed by atoms with Gasteiger partial charge >= 0.3 is 6.09 Å². The molecule has 0 N–H and O–H groups in total. The van der Waals surface area contributed by atoms with Crippen molar-refractivity contribution in [2.24, 2.45) is 4.40 Å². The Morgan fingerprint density at radius 1 is 1.47 bits per heavy atom. The summed E-state index contributed by atoms with van der Waals surface area (Å²) in [6.07, 6.45) is -0.508. The first-order valence-electron chi connectivity index (χ1n) is 5.11. The lowest BCUT2D eigenvalue weighted by molar-refractivity contribution is 0.0139. The SMILES string of the molecule is C=C=NS(=O)(=O)C1CN(C(=O)OC(C)(C)C)C1. The van der Waals surface area contributed by atoms with E-state index in [4.69, 9.17) is 4.74 Å². The monoisotopic (exact) mass is 260 g/mol. The third kappa shape index (κ3) is 3.57. The van der Waals surface area contributed by atoms with Crippen molar-refractivity contribution in [3.63, 3.8) is 0 Å². The van der Waals surface area contributed by atoms with E-state index in [1.165, 1.54) is 4.90 Å². The molecule has 96 valence electrons. The molecule has 0 aromatic carbocycles. The fraction of sp³-hybridized carbons (Fsp3) is 0.700. The van der Waals surface area contributed by atoms with Crippen LogP contribution in [-0.2, 0) is 14.8 Å². The van der Waals surface area contributed by atoms with E-state index in [1.807, 2.05) is 5.87 Å². The Morgan fingerprint density at radius 2 is 2.00 bits per heavy atom. The molecule has 17 heavy (non-hydrogen) atoms. The Kier molecular flexibility index (Phi) is 3.64. The Labute approximate surface area is 101 Å². The van der Waals surface area contributed by atoms with Crippen LogP contribution in [0.2, 0.25) is 0 Å². The third-order valence-electron chi connectivity index (χ3n) is 2.11. The lowest BCUT2D eigenvalue weighted by Gasteiger charge is -2.37. The summed E-state index contributed by atoms with van der Waals surface area (Å²) in [5.41, 5.74) is -0.583. The zero-order valence-electron chi connectivity index (χ0n) is 10.1. The van der Waals surface area contributed by atoms with Crippen LogP contribution in [0.4, 0.5) is 4.79 Å². The van der Waals surface area contributed by atoms with Crippen molar-refractivity contribution < 1.29 is 17.9 Å². The summed E-state index contributed by atoms with van der Waals surface area (Å²) in [5, 5.41) is -0.677. The van der Waals surface area contributed by atoms with Crippen molar-refractivity contribution >= 4 is 22.0 Å². The molecule has 0 aromatic rings. The van der Waals surface area contributed by atoms with Gasteiger partial charge in [-0.15, -0.1) is 4.40 Å². The average molecular weight is 260 g/mol. The number of ether oxygens (including phenoxy) is 1. The van der Waals surface area contributed by atoms with Crippen molar-refractivity contribution in [1.29, 1.82) is 0 Å². The number of carbonyl (C=O) groups is 1. The van der Waals surface area contributed by atoms with E-state index in [-0.39, 0.29) is 13.1 Å². The second kappa shape index (κ2) is 4.50. The molecule has 0 spiro atoms. The fourth-order valence-corrected chi connectivity index (χ4v) is 2.33. The Bertz CT molecular complexity index is 451. The molecule has 0 atom stereocenters. The standard InChI is InChI=1S/C10H16N2O4S/c1-5-11-17(14,15)8-6-12(7-8)9(13)16-10(2,3)4/h8H,1,6-7H2,2-4H3. The van der Waals surface area contributed by atoms with Gasteiger partial charge in [0.25, 0.3) is 10.0 Å². The van der Waals surface area contributed by atoms with Gasteiger partial charge in [0.1, 0.15) is 10.9 Å². The summed E-state index contributed by atoms with van der Waals surface area (Å²) in [6, 6.07) is 0. The number of sulfonamides is 1. The number of nitrogens with zero attached hydrogens (tertiary/aromatic N) is 2. The summed E-state index contributed by atoms with van der Waals surface area (Å²) in [7, 11) is -3.58. The molecule has 1 amide bonds. The minimum Gasteiger partial charge on any atom is -0.444 e. The first-order chi connectivity index (χ1) is 7.65. The Balaban J connectivity index is 2.53. The molecule has 1 rings (SSSR count). The summed E-state index contributed by atoms with van der Waals surface area (Å²) in [4.78, 5) is 12.8. The highest BCUT2D eigenvalue weighted by Crippen LogP contribution is 2.20. The zero-order chi connectivity index (χ0) is 13.3. The Hall–Kier alpha value is -1.33. The van der Waals surface area contributed by atoms with Crippen molar-refractivity contribution in [3.8, 4) is 0 Å². The topological polar surface area (TPSA) is 76.0 Å². The van der Waals surface area contributed by atoms with Crippen molar-refractivity contribution in [1.82, 2.24) is 4.90 Å². The molecule has 0 radical (unpaired) electrons. The largest absolute Gasteiger partial charge is 0.444 e. The van der Waals surface area contributed by atoms with Crippen molar-refractivity contribution in [3.05, 3.63) is 6.58 Å². The summed E-state index contributed by atoms with van der Waals surface area (Å²) < 4.78 is 31.1. The first kappa shape index (κ1) is 13.7. The highest BCUT2D eigenvalue weighted by Gasteiger charge is 2.41. The van der Waals surface area contributed by atoms with Gasteiger partial charge in [-0.2, -0.15) is 0 Å². The quantitative estimate of drug-likeness (QED) is 0.688. The molecule has 0 aliphatic carbocycles. The average Bonchev–Trinajstić information content (AvgIpc) is 1.94. The molecular weight excluding hydrogens is 244 g/mol. The van der Waals surface area contributed by atoms with Gasteiger partial charge in [-0.05, 0) is 33.2 Å². The predicted octanol–water partition coefficient (Wildman–Crippen LogP) is 0.791. The van der Waals surface area contributed by atoms with Crippen LogP contribution < -0.4 is 0 Å². The zero-order valence-corrected chi connectivity index (χ0v) is 11.0. The van der Waals surface area contributed by atoms with Crippen LogP contribution in [0.1, 0.15) is 20.8 Å². The first-order valence-corrected chi connectivity index (χ1v) is 6.62. The van der Waals surface area contributed by atoms with Crippen LogP contribution in [-0.4, -0.2) is 49.2 Å². The number of amides is 1. The number of rotatable bonds is 2. The highest BCUT2D eigenvalue weighted by molar-refractivity contribution is 7.91. The van der Waals surface area contributed by atoms with Gasteiger partial charge in [-0.1, -0.05) is 0 Å². The maximum atomic E-state index is 11.5. The maximum absolute atomic E-state index is 11.5.